The fraction of sp³-hybridized carbons (Fsp3) is 0.846. The number of nitrogens with zero attached hydrogens (tertiary/aromatic N) is 1. The maximum absolute atomic E-state index is 5.69. The zero-order chi connectivity index (χ0) is 11.9. The van der Waals surface area contributed by atoms with Crippen LogP contribution in [0, 0.1) is 0 Å². The van der Waals surface area contributed by atoms with Gasteiger partial charge in [0.15, 0.2) is 0 Å². The highest BCUT2D eigenvalue weighted by molar-refractivity contribution is 4.97. The fourth-order valence-electron chi connectivity index (χ4n) is 1.30. The Morgan fingerprint density at radius 3 is 2.13 bits per heavy atom. The topological polar surface area (TPSA) is 12.5 Å². The molecule has 0 aliphatic rings. The predicted octanol–water partition coefficient (Wildman–Crippen LogP) is 3.44. The second kappa shape index (κ2) is 6.89. The molecule has 0 aliphatic carbocycles. The normalized spacial score (nSPS) is 13.1. The maximum atomic E-state index is 5.69. The Bertz CT molecular complexity index is 187. The predicted molar refractivity (Wildman–Crippen MR) is 67.0 cm³/mol. The molecule has 0 aromatic rings. The molecule has 0 aliphatic heterocycles. The molecular weight excluding hydrogens is 186 g/mol. The van der Waals surface area contributed by atoms with Crippen LogP contribution in [0.3, 0.4) is 0 Å². The summed E-state index contributed by atoms with van der Waals surface area (Å²) in [6.07, 6.45) is 3.26. The molecule has 0 amide bonds. The van der Waals surface area contributed by atoms with Gasteiger partial charge < -0.3 is 9.64 Å². The van der Waals surface area contributed by atoms with Crippen LogP contribution in [0.1, 0.15) is 48.0 Å². The molecule has 2 heteroatoms. The average Bonchev–Trinajstić information content (AvgIpc) is 2.12. The second-order valence-electron chi connectivity index (χ2n) is 4.91. The molecule has 90 valence electrons. The summed E-state index contributed by atoms with van der Waals surface area (Å²) in [4.78, 5) is 2.31. The Morgan fingerprint density at radius 2 is 1.73 bits per heavy atom. The monoisotopic (exact) mass is 213 g/mol. The number of hydrogen-bond acceptors (Lipinski definition) is 2. The van der Waals surface area contributed by atoms with Crippen LogP contribution in [-0.4, -0.2) is 30.2 Å². The van der Waals surface area contributed by atoms with Crippen LogP contribution in [0.15, 0.2) is 11.8 Å². The molecule has 0 saturated carbocycles. The first-order valence-corrected chi connectivity index (χ1v) is 5.94. The number of rotatable bonds is 6. The smallest absolute Gasteiger partial charge is 0.0598 e. The van der Waals surface area contributed by atoms with E-state index in [-0.39, 0.29) is 5.60 Å². The SMILES string of the molecule is CCN(/C=C(\C)CCOC(C)(C)C)CC. The lowest BCUT2D eigenvalue weighted by atomic mass is 10.2. The van der Waals surface area contributed by atoms with Gasteiger partial charge in [-0.15, -0.1) is 0 Å². The summed E-state index contributed by atoms with van der Waals surface area (Å²) >= 11 is 0. The largest absolute Gasteiger partial charge is 0.378 e. The van der Waals surface area contributed by atoms with Gasteiger partial charge in [0.1, 0.15) is 0 Å². The van der Waals surface area contributed by atoms with Crippen molar-refractivity contribution in [3.05, 3.63) is 11.8 Å². The highest BCUT2D eigenvalue weighted by Crippen LogP contribution is 2.10. The number of ether oxygens (including phenoxy) is 1. The minimum absolute atomic E-state index is 0.0184. The second-order valence-corrected chi connectivity index (χ2v) is 4.91. The summed E-state index contributed by atoms with van der Waals surface area (Å²) in [5.41, 5.74) is 1.37. The molecule has 0 atom stereocenters. The molecule has 2 nitrogen and oxygen atoms in total. The van der Waals surface area contributed by atoms with Crippen molar-refractivity contribution >= 4 is 0 Å². The van der Waals surface area contributed by atoms with Crippen molar-refractivity contribution in [1.29, 1.82) is 0 Å². The van der Waals surface area contributed by atoms with Crippen LogP contribution in [0.5, 0.6) is 0 Å². The molecule has 0 fully saturated rings. The summed E-state index contributed by atoms with van der Waals surface area (Å²) in [5, 5.41) is 0. The van der Waals surface area contributed by atoms with E-state index in [4.69, 9.17) is 4.74 Å². The first-order chi connectivity index (χ1) is 6.89. The van der Waals surface area contributed by atoms with E-state index in [1.807, 2.05) is 0 Å². The van der Waals surface area contributed by atoms with Gasteiger partial charge in [0, 0.05) is 13.1 Å². The Balaban J connectivity index is 3.87. The minimum Gasteiger partial charge on any atom is -0.378 e. The Hall–Kier alpha value is -0.500. The molecular formula is C13H27NO. The van der Waals surface area contributed by atoms with Crippen molar-refractivity contribution in [2.75, 3.05) is 19.7 Å². The lowest BCUT2D eigenvalue weighted by Gasteiger charge is -2.20. The van der Waals surface area contributed by atoms with Crippen molar-refractivity contribution < 1.29 is 4.74 Å². The van der Waals surface area contributed by atoms with Crippen LogP contribution in [0.25, 0.3) is 0 Å². The van der Waals surface area contributed by atoms with E-state index < -0.39 is 0 Å². The average molecular weight is 213 g/mol. The summed E-state index contributed by atoms with van der Waals surface area (Å²) < 4.78 is 5.69. The molecule has 0 unspecified atom stereocenters. The van der Waals surface area contributed by atoms with Crippen LogP contribution in [-0.2, 0) is 4.74 Å². The van der Waals surface area contributed by atoms with E-state index in [1.165, 1.54) is 5.57 Å². The van der Waals surface area contributed by atoms with Crippen molar-refractivity contribution in [1.82, 2.24) is 4.90 Å². The maximum Gasteiger partial charge on any atom is 0.0598 e. The highest BCUT2D eigenvalue weighted by atomic mass is 16.5. The minimum atomic E-state index is -0.0184. The van der Waals surface area contributed by atoms with Crippen molar-refractivity contribution in [3.63, 3.8) is 0 Å². The van der Waals surface area contributed by atoms with Crippen molar-refractivity contribution in [2.45, 2.75) is 53.6 Å². The van der Waals surface area contributed by atoms with E-state index in [2.05, 4.69) is 52.6 Å². The van der Waals surface area contributed by atoms with Gasteiger partial charge in [0.05, 0.1) is 12.2 Å². The molecule has 0 saturated heterocycles. The molecule has 0 spiro atoms. The quantitative estimate of drug-likeness (QED) is 0.670. The molecule has 0 radical (unpaired) electrons. The van der Waals surface area contributed by atoms with Gasteiger partial charge in [-0.05, 0) is 54.2 Å². The molecule has 0 rings (SSSR count). The fourth-order valence-corrected chi connectivity index (χ4v) is 1.30. The van der Waals surface area contributed by atoms with E-state index in [0.29, 0.717) is 0 Å². The van der Waals surface area contributed by atoms with Crippen LogP contribution >= 0.6 is 0 Å². The molecule has 15 heavy (non-hydrogen) atoms. The van der Waals surface area contributed by atoms with E-state index in [1.54, 1.807) is 0 Å². The van der Waals surface area contributed by atoms with Gasteiger partial charge in [0.2, 0.25) is 0 Å². The molecule has 0 aromatic carbocycles. The Morgan fingerprint density at radius 1 is 1.20 bits per heavy atom. The third-order valence-corrected chi connectivity index (χ3v) is 2.25. The van der Waals surface area contributed by atoms with E-state index >= 15 is 0 Å². The van der Waals surface area contributed by atoms with Gasteiger partial charge in [0.25, 0.3) is 0 Å². The molecule has 0 heterocycles. The van der Waals surface area contributed by atoms with Crippen molar-refractivity contribution in [2.24, 2.45) is 0 Å². The zero-order valence-corrected chi connectivity index (χ0v) is 11.3. The summed E-state index contributed by atoms with van der Waals surface area (Å²) in [6, 6.07) is 0. The third kappa shape index (κ3) is 8.49. The molecule has 0 aromatic heterocycles. The Kier molecular flexibility index (Phi) is 6.66. The van der Waals surface area contributed by atoms with Gasteiger partial charge >= 0.3 is 0 Å². The standard InChI is InChI=1S/C13H27NO/c1-7-14(8-2)11-12(3)9-10-15-13(4,5)6/h11H,7-10H2,1-6H3/b12-11+. The summed E-state index contributed by atoms with van der Waals surface area (Å²) in [6.45, 7) is 15.8. The van der Waals surface area contributed by atoms with Crippen LogP contribution in [0.4, 0.5) is 0 Å². The van der Waals surface area contributed by atoms with E-state index in [0.717, 1.165) is 26.1 Å². The summed E-state index contributed by atoms with van der Waals surface area (Å²) in [5.74, 6) is 0. The lowest BCUT2D eigenvalue weighted by molar-refractivity contribution is -0.00105. The summed E-state index contributed by atoms with van der Waals surface area (Å²) in [7, 11) is 0. The van der Waals surface area contributed by atoms with Gasteiger partial charge in [-0.1, -0.05) is 5.57 Å². The van der Waals surface area contributed by atoms with Gasteiger partial charge in [-0.3, -0.25) is 0 Å². The molecule has 0 N–H and O–H groups in total. The third-order valence-electron chi connectivity index (χ3n) is 2.25. The van der Waals surface area contributed by atoms with Gasteiger partial charge in [-0.2, -0.15) is 0 Å². The zero-order valence-electron chi connectivity index (χ0n) is 11.3. The van der Waals surface area contributed by atoms with Crippen LogP contribution in [0.2, 0.25) is 0 Å². The van der Waals surface area contributed by atoms with Gasteiger partial charge in [-0.25, -0.2) is 0 Å². The Labute approximate surface area is 95.3 Å². The molecule has 0 bridgehead atoms. The highest BCUT2D eigenvalue weighted by Gasteiger charge is 2.09. The number of hydrogen-bond donors (Lipinski definition) is 0. The first-order valence-electron chi connectivity index (χ1n) is 5.94. The van der Waals surface area contributed by atoms with Crippen LogP contribution < -0.4 is 0 Å². The first kappa shape index (κ1) is 14.5. The van der Waals surface area contributed by atoms with Crippen molar-refractivity contribution in [3.8, 4) is 0 Å². The lowest BCUT2D eigenvalue weighted by Crippen LogP contribution is -2.20. The van der Waals surface area contributed by atoms with E-state index in [9.17, 15) is 0 Å².